The minimum absolute atomic E-state index is 0.00670. The Balaban J connectivity index is 2.13. The number of nitrogens with zero attached hydrogens (tertiary/aromatic N) is 1. The first kappa shape index (κ1) is 24.9. The second-order valence-corrected chi connectivity index (χ2v) is 12.4. The molecule has 30 heavy (non-hydrogen) atoms. The Bertz CT molecular complexity index is 859. The van der Waals surface area contributed by atoms with Crippen molar-refractivity contribution in [3.63, 3.8) is 0 Å². The van der Waals surface area contributed by atoms with Crippen molar-refractivity contribution in [1.82, 2.24) is 4.90 Å². The minimum Gasteiger partial charge on any atom is -0.399 e. The molecular formula is C22H36BNO5S. The first-order valence-corrected chi connectivity index (χ1v) is 12.1. The van der Waals surface area contributed by atoms with Crippen molar-refractivity contribution in [3.05, 3.63) is 24.3 Å². The Morgan fingerprint density at radius 3 is 1.97 bits per heavy atom. The lowest BCUT2D eigenvalue weighted by molar-refractivity contribution is -0.134. The molecule has 1 aliphatic heterocycles. The largest absolute Gasteiger partial charge is 0.494 e. The molecule has 168 valence electrons. The van der Waals surface area contributed by atoms with Crippen molar-refractivity contribution < 1.29 is 22.5 Å². The summed E-state index contributed by atoms with van der Waals surface area (Å²) in [5.41, 5.74) is -0.700. The van der Waals surface area contributed by atoms with Crippen molar-refractivity contribution in [3.8, 4) is 0 Å². The van der Waals surface area contributed by atoms with E-state index in [-0.39, 0.29) is 22.5 Å². The number of rotatable bonds is 7. The lowest BCUT2D eigenvalue weighted by Gasteiger charge is -2.32. The van der Waals surface area contributed by atoms with Crippen LogP contribution in [0.3, 0.4) is 0 Å². The van der Waals surface area contributed by atoms with E-state index in [4.69, 9.17) is 9.31 Å². The van der Waals surface area contributed by atoms with Gasteiger partial charge in [0.2, 0.25) is 5.91 Å². The highest BCUT2D eigenvalue weighted by atomic mass is 32.2. The van der Waals surface area contributed by atoms with E-state index in [1.165, 1.54) is 0 Å². The van der Waals surface area contributed by atoms with Crippen molar-refractivity contribution in [1.29, 1.82) is 0 Å². The monoisotopic (exact) mass is 437 g/mol. The molecule has 2 rings (SSSR count). The van der Waals surface area contributed by atoms with Crippen molar-refractivity contribution >= 4 is 28.3 Å². The fraction of sp³-hybridized carbons (Fsp3) is 0.682. The molecule has 6 nitrogen and oxygen atoms in total. The number of sulfone groups is 1. The summed E-state index contributed by atoms with van der Waals surface area (Å²) in [4.78, 5) is 14.0. The summed E-state index contributed by atoms with van der Waals surface area (Å²) in [6.45, 7) is 15.7. The third-order valence-corrected chi connectivity index (χ3v) is 8.03. The van der Waals surface area contributed by atoms with Crippen LogP contribution in [-0.2, 0) is 23.9 Å². The standard InChI is InChI=1S/C22H36BNO5S/c1-16(2)19(25)24(9)14-20(3,4)15-30(26,27)18-12-10-17(11-13-18)23-28-21(5,6)22(7,8)29-23/h10-13,16H,14-15H2,1-9H3. The number of amides is 1. The van der Waals surface area contributed by atoms with E-state index in [2.05, 4.69) is 0 Å². The van der Waals surface area contributed by atoms with Gasteiger partial charge in [0.1, 0.15) is 0 Å². The Morgan fingerprint density at radius 1 is 1.07 bits per heavy atom. The number of hydrogen-bond donors (Lipinski definition) is 0. The smallest absolute Gasteiger partial charge is 0.399 e. The molecule has 1 amide bonds. The van der Waals surface area contributed by atoms with Crippen LogP contribution in [0, 0.1) is 11.3 Å². The summed E-state index contributed by atoms with van der Waals surface area (Å²) in [5, 5.41) is 0. The van der Waals surface area contributed by atoms with E-state index in [1.807, 2.05) is 55.4 Å². The van der Waals surface area contributed by atoms with Gasteiger partial charge in [0.15, 0.2) is 9.84 Å². The predicted octanol–water partition coefficient (Wildman–Crippen LogP) is 2.90. The Morgan fingerprint density at radius 2 is 1.53 bits per heavy atom. The zero-order valence-electron chi connectivity index (χ0n) is 19.8. The topological polar surface area (TPSA) is 72.9 Å². The molecule has 0 saturated carbocycles. The zero-order valence-corrected chi connectivity index (χ0v) is 20.6. The average molecular weight is 437 g/mol. The van der Waals surface area contributed by atoms with E-state index in [9.17, 15) is 13.2 Å². The Kier molecular flexibility index (Phi) is 6.87. The summed E-state index contributed by atoms with van der Waals surface area (Å²) < 4.78 is 38.1. The SMILES string of the molecule is CC(C)C(=O)N(C)CC(C)(C)CS(=O)(=O)c1ccc(B2OC(C)(C)C(C)(C)O2)cc1. The number of carbonyl (C=O) groups excluding carboxylic acids is 1. The van der Waals surface area contributed by atoms with Crippen LogP contribution in [0.5, 0.6) is 0 Å². The molecule has 1 aromatic carbocycles. The highest BCUT2D eigenvalue weighted by Crippen LogP contribution is 2.36. The summed E-state index contributed by atoms with van der Waals surface area (Å²) in [7, 11) is -2.33. The zero-order chi connectivity index (χ0) is 23.1. The van der Waals surface area contributed by atoms with Crippen LogP contribution in [-0.4, -0.2) is 56.9 Å². The van der Waals surface area contributed by atoms with Gasteiger partial charge in [0.05, 0.1) is 21.9 Å². The third kappa shape index (κ3) is 5.45. The van der Waals surface area contributed by atoms with Crippen LogP contribution in [0.4, 0.5) is 0 Å². The Labute approximate surface area is 182 Å². The van der Waals surface area contributed by atoms with Gasteiger partial charge < -0.3 is 14.2 Å². The van der Waals surface area contributed by atoms with E-state index < -0.39 is 33.6 Å². The maximum absolute atomic E-state index is 13.0. The first-order valence-electron chi connectivity index (χ1n) is 10.4. The van der Waals surface area contributed by atoms with Gasteiger partial charge in [-0.3, -0.25) is 4.79 Å². The van der Waals surface area contributed by atoms with Crippen molar-refractivity contribution in [2.45, 2.75) is 71.5 Å². The fourth-order valence-corrected chi connectivity index (χ4v) is 5.45. The summed E-state index contributed by atoms with van der Waals surface area (Å²) in [6, 6.07) is 6.70. The Hall–Kier alpha value is -1.38. The third-order valence-electron chi connectivity index (χ3n) is 5.88. The van der Waals surface area contributed by atoms with Gasteiger partial charge in [-0.05, 0) is 50.7 Å². The molecule has 1 fully saturated rings. The van der Waals surface area contributed by atoms with Gasteiger partial charge in [0.25, 0.3) is 0 Å². The van der Waals surface area contributed by atoms with Crippen molar-refractivity contribution in [2.75, 3.05) is 19.3 Å². The molecule has 1 aliphatic rings. The van der Waals surface area contributed by atoms with E-state index in [0.717, 1.165) is 5.46 Å². The van der Waals surface area contributed by atoms with E-state index in [0.29, 0.717) is 6.54 Å². The first-order chi connectivity index (χ1) is 13.5. The highest BCUT2D eigenvalue weighted by Gasteiger charge is 2.51. The van der Waals surface area contributed by atoms with Crippen LogP contribution in [0.1, 0.15) is 55.4 Å². The molecule has 0 aromatic heterocycles. The van der Waals surface area contributed by atoms with Gasteiger partial charge in [-0.2, -0.15) is 0 Å². The van der Waals surface area contributed by atoms with Crippen molar-refractivity contribution in [2.24, 2.45) is 11.3 Å². The molecule has 1 saturated heterocycles. The quantitative estimate of drug-likeness (QED) is 0.614. The van der Waals surface area contributed by atoms with E-state index in [1.54, 1.807) is 36.2 Å². The fourth-order valence-electron chi connectivity index (χ4n) is 3.62. The maximum atomic E-state index is 13.0. The average Bonchev–Trinajstić information content (AvgIpc) is 2.80. The summed E-state index contributed by atoms with van der Waals surface area (Å²) in [5.74, 6) is -0.164. The molecule has 0 radical (unpaired) electrons. The molecule has 0 N–H and O–H groups in total. The maximum Gasteiger partial charge on any atom is 0.494 e. The lowest BCUT2D eigenvalue weighted by atomic mass is 9.79. The van der Waals surface area contributed by atoms with Gasteiger partial charge >= 0.3 is 7.12 Å². The lowest BCUT2D eigenvalue weighted by Crippen LogP contribution is -2.41. The molecule has 0 bridgehead atoms. The molecular weight excluding hydrogens is 401 g/mol. The van der Waals surface area contributed by atoms with Crippen LogP contribution in [0.2, 0.25) is 0 Å². The molecule has 1 aromatic rings. The summed E-state index contributed by atoms with van der Waals surface area (Å²) >= 11 is 0. The van der Waals surface area contributed by atoms with Gasteiger partial charge in [0, 0.05) is 19.5 Å². The molecule has 0 unspecified atom stereocenters. The highest BCUT2D eigenvalue weighted by molar-refractivity contribution is 7.91. The number of carbonyl (C=O) groups is 1. The van der Waals surface area contributed by atoms with E-state index >= 15 is 0 Å². The van der Waals surface area contributed by atoms with Gasteiger partial charge in [-0.25, -0.2) is 8.42 Å². The summed E-state index contributed by atoms with van der Waals surface area (Å²) in [6.07, 6.45) is 0. The normalized spacial score (nSPS) is 18.7. The van der Waals surface area contributed by atoms with Crippen LogP contribution in [0.25, 0.3) is 0 Å². The predicted molar refractivity (Wildman–Crippen MR) is 120 cm³/mol. The van der Waals surface area contributed by atoms with Gasteiger partial charge in [-0.15, -0.1) is 0 Å². The second-order valence-electron chi connectivity index (χ2n) is 10.4. The molecule has 0 aliphatic carbocycles. The molecule has 0 atom stereocenters. The molecule has 8 heteroatoms. The van der Waals surface area contributed by atoms with Crippen LogP contribution < -0.4 is 5.46 Å². The number of benzene rings is 1. The van der Waals surface area contributed by atoms with Gasteiger partial charge in [-0.1, -0.05) is 39.8 Å². The minimum atomic E-state index is -3.52. The van der Waals surface area contributed by atoms with Crippen LogP contribution in [0.15, 0.2) is 29.2 Å². The molecule has 1 heterocycles. The second kappa shape index (κ2) is 8.28. The molecule has 0 spiro atoms. The number of hydrogen-bond acceptors (Lipinski definition) is 5. The van der Waals surface area contributed by atoms with Crippen LogP contribution >= 0.6 is 0 Å².